The molecule has 0 spiro atoms. The maximum atomic E-state index is 14.2. The van der Waals surface area contributed by atoms with Crippen molar-refractivity contribution in [3.05, 3.63) is 53.7 Å². The van der Waals surface area contributed by atoms with Gasteiger partial charge in [0.2, 0.25) is 0 Å². The van der Waals surface area contributed by atoms with Crippen molar-refractivity contribution in [2.45, 2.75) is 31.6 Å². The molecule has 188 valence electrons. The third-order valence-corrected chi connectivity index (χ3v) is 6.40. The van der Waals surface area contributed by atoms with Crippen molar-refractivity contribution in [2.24, 2.45) is 0 Å². The molecule has 1 fully saturated rings. The molecule has 0 saturated carbocycles. The van der Waals surface area contributed by atoms with Gasteiger partial charge >= 0.3 is 12.3 Å². The zero-order valence-corrected chi connectivity index (χ0v) is 19.5. The lowest BCUT2D eigenvalue weighted by atomic mass is 10.1. The first-order valence-electron chi connectivity index (χ1n) is 11.2. The van der Waals surface area contributed by atoms with E-state index in [2.05, 4.69) is 20.5 Å². The molecule has 1 aliphatic rings. The van der Waals surface area contributed by atoms with E-state index in [9.17, 15) is 18.0 Å². The average molecular weight is 500 g/mol. The summed E-state index contributed by atoms with van der Waals surface area (Å²) >= 11 is 0. The molecular formula is C24H23F3N6O3. The van der Waals surface area contributed by atoms with E-state index in [4.69, 9.17) is 9.84 Å². The lowest BCUT2D eigenvalue weighted by molar-refractivity contribution is -0.184. The van der Waals surface area contributed by atoms with Crippen molar-refractivity contribution in [2.75, 3.05) is 20.2 Å². The molecule has 0 bridgehead atoms. The number of aryl methyl sites for hydroxylation is 1. The summed E-state index contributed by atoms with van der Waals surface area (Å²) in [4.78, 5) is 16.8. The van der Waals surface area contributed by atoms with Crippen LogP contribution in [0.3, 0.4) is 0 Å². The number of benzene rings is 1. The molecule has 12 heteroatoms. The fourth-order valence-corrected chi connectivity index (χ4v) is 4.77. The van der Waals surface area contributed by atoms with E-state index in [1.807, 2.05) is 19.1 Å². The number of carboxylic acid groups (broad SMARTS) is 1. The third kappa shape index (κ3) is 4.39. The molecule has 4 heterocycles. The van der Waals surface area contributed by atoms with E-state index in [0.29, 0.717) is 34.9 Å². The quantitative estimate of drug-likeness (QED) is 0.423. The number of alkyl halides is 3. The van der Waals surface area contributed by atoms with Crippen molar-refractivity contribution in [3.63, 3.8) is 0 Å². The Kier molecular flexibility index (Phi) is 5.91. The Bertz CT molecular complexity index is 1450. The number of likely N-dealkylation sites (tertiary alicyclic amines) is 1. The van der Waals surface area contributed by atoms with Gasteiger partial charge in [-0.25, -0.2) is 9.78 Å². The van der Waals surface area contributed by atoms with Gasteiger partial charge in [0.1, 0.15) is 17.5 Å². The maximum Gasteiger partial charge on any atom is 0.408 e. The van der Waals surface area contributed by atoms with Crippen molar-refractivity contribution < 1.29 is 27.8 Å². The molecule has 1 unspecified atom stereocenters. The van der Waals surface area contributed by atoms with Gasteiger partial charge in [-0.1, -0.05) is 12.1 Å². The number of aromatic nitrogens is 4. The molecule has 3 aromatic heterocycles. The number of pyridine rings is 2. The predicted molar refractivity (Wildman–Crippen MR) is 125 cm³/mol. The number of methoxy groups -OCH3 is 1. The highest BCUT2D eigenvalue weighted by Gasteiger charge is 2.47. The molecule has 0 aliphatic carbocycles. The number of nitrogens with one attached hydrogen (secondary N) is 1. The summed E-state index contributed by atoms with van der Waals surface area (Å²) < 4.78 is 49.6. The Hall–Kier alpha value is -3.93. The summed E-state index contributed by atoms with van der Waals surface area (Å²) in [6.07, 6.45) is -4.16. The van der Waals surface area contributed by atoms with E-state index in [0.717, 1.165) is 10.9 Å². The fraction of sp³-hybridized carbons (Fsp3) is 0.333. The van der Waals surface area contributed by atoms with Gasteiger partial charge in [-0.2, -0.15) is 13.2 Å². The van der Waals surface area contributed by atoms with Crippen LogP contribution in [0.2, 0.25) is 0 Å². The van der Waals surface area contributed by atoms with E-state index < -0.39 is 24.4 Å². The summed E-state index contributed by atoms with van der Waals surface area (Å²) in [6.45, 7) is 1.99. The molecule has 9 nitrogen and oxygen atoms in total. The SMILES string of the molecule is COc1cc2nc(-c3nnc4ccc([C@@H](N5CCC(NC(=O)O)C5)C(F)(F)F)cn34)ccc2cc1C. The van der Waals surface area contributed by atoms with Gasteiger partial charge < -0.3 is 15.2 Å². The topological polar surface area (TPSA) is 105 Å². The molecule has 36 heavy (non-hydrogen) atoms. The Morgan fingerprint density at radius 1 is 1.22 bits per heavy atom. The van der Waals surface area contributed by atoms with Crippen LogP contribution in [0.4, 0.5) is 18.0 Å². The van der Waals surface area contributed by atoms with Crippen molar-refractivity contribution >= 4 is 22.6 Å². The minimum atomic E-state index is -4.57. The van der Waals surface area contributed by atoms with Crippen LogP contribution in [-0.2, 0) is 0 Å². The van der Waals surface area contributed by atoms with Crippen LogP contribution in [0.1, 0.15) is 23.6 Å². The van der Waals surface area contributed by atoms with Gasteiger partial charge in [-0.15, -0.1) is 10.2 Å². The zero-order chi connectivity index (χ0) is 25.6. The van der Waals surface area contributed by atoms with Crippen LogP contribution < -0.4 is 10.1 Å². The number of hydrogen-bond acceptors (Lipinski definition) is 6. The third-order valence-electron chi connectivity index (χ3n) is 6.40. The number of carbonyl (C=O) groups is 1. The van der Waals surface area contributed by atoms with Gasteiger partial charge in [-0.3, -0.25) is 9.30 Å². The largest absolute Gasteiger partial charge is 0.496 e. The lowest BCUT2D eigenvalue weighted by Gasteiger charge is -2.30. The molecule has 4 aromatic rings. The number of amides is 1. The molecule has 5 rings (SSSR count). The first-order valence-corrected chi connectivity index (χ1v) is 11.2. The van der Waals surface area contributed by atoms with Crippen molar-refractivity contribution in [1.82, 2.24) is 29.8 Å². The number of halogens is 3. The number of fused-ring (bicyclic) bond motifs is 2. The zero-order valence-electron chi connectivity index (χ0n) is 19.5. The van der Waals surface area contributed by atoms with E-state index >= 15 is 0 Å². The summed E-state index contributed by atoms with van der Waals surface area (Å²) in [5.74, 6) is 0.982. The molecule has 0 radical (unpaired) electrons. The summed E-state index contributed by atoms with van der Waals surface area (Å²) in [7, 11) is 1.57. The van der Waals surface area contributed by atoms with Gasteiger partial charge in [0.05, 0.1) is 12.6 Å². The number of hydrogen-bond donors (Lipinski definition) is 2. The van der Waals surface area contributed by atoms with E-state index in [-0.39, 0.29) is 18.7 Å². The Balaban J connectivity index is 1.54. The van der Waals surface area contributed by atoms with Gasteiger partial charge in [0, 0.05) is 36.8 Å². The van der Waals surface area contributed by atoms with Gasteiger partial charge in [0.15, 0.2) is 11.5 Å². The maximum absolute atomic E-state index is 14.2. The molecular weight excluding hydrogens is 477 g/mol. The standard InChI is InChI=1S/C24H23F3N6O3/c1-13-9-14-3-5-17(29-18(14)10-19(13)36-2)22-31-30-20-6-4-15(11-33(20)22)21(24(25,26)27)32-8-7-16(12-32)28-23(34)35/h3-6,9-11,16,21,28H,7-8,12H2,1-2H3,(H,34,35)/t16?,21-/m1/s1. The van der Waals surface area contributed by atoms with Gasteiger partial charge in [0.25, 0.3) is 0 Å². The predicted octanol–water partition coefficient (Wildman–Crippen LogP) is 4.21. The van der Waals surface area contributed by atoms with Crippen molar-refractivity contribution in [3.8, 4) is 17.3 Å². The molecule has 1 saturated heterocycles. The minimum Gasteiger partial charge on any atom is -0.496 e. The van der Waals surface area contributed by atoms with Crippen molar-refractivity contribution in [1.29, 1.82) is 0 Å². The molecule has 1 aromatic carbocycles. The first kappa shape index (κ1) is 23.8. The monoisotopic (exact) mass is 500 g/mol. The highest BCUT2D eigenvalue weighted by Crippen LogP contribution is 2.40. The van der Waals surface area contributed by atoms with Crippen LogP contribution in [0.25, 0.3) is 28.1 Å². The second-order valence-corrected chi connectivity index (χ2v) is 8.80. The summed E-state index contributed by atoms with van der Waals surface area (Å²) in [5.41, 5.74) is 2.45. The van der Waals surface area contributed by atoms with E-state index in [1.54, 1.807) is 19.2 Å². The van der Waals surface area contributed by atoms with E-state index in [1.165, 1.54) is 27.6 Å². The normalized spacial score (nSPS) is 17.5. The lowest BCUT2D eigenvalue weighted by Crippen LogP contribution is -2.40. The smallest absolute Gasteiger partial charge is 0.408 e. The number of nitrogens with zero attached hydrogens (tertiary/aromatic N) is 5. The molecule has 1 aliphatic heterocycles. The van der Waals surface area contributed by atoms with Crippen LogP contribution >= 0.6 is 0 Å². The van der Waals surface area contributed by atoms with Gasteiger partial charge in [-0.05, 0) is 42.7 Å². The highest BCUT2D eigenvalue weighted by molar-refractivity contribution is 5.83. The average Bonchev–Trinajstić information content (AvgIpc) is 3.44. The summed E-state index contributed by atoms with van der Waals surface area (Å²) in [5, 5.41) is 20.4. The van der Waals surface area contributed by atoms with Crippen LogP contribution in [-0.4, -0.2) is 68.1 Å². The molecule has 2 N–H and O–H groups in total. The molecule has 1 amide bonds. The number of ether oxygens (including phenoxy) is 1. The second-order valence-electron chi connectivity index (χ2n) is 8.80. The fourth-order valence-electron chi connectivity index (χ4n) is 4.77. The Morgan fingerprint density at radius 2 is 2.03 bits per heavy atom. The number of rotatable bonds is 5. The van der Waals surface area contributed by atoms with Crippen LogP contribution in [0, 0.1) is 6.92 Å². The Labute approximate surface area is 203 Å². The van der Waals surface area contributed by atoms with Crippen LogP contribution in [0.15, 0.2) is 42.6 Å². The van der Waals surface area contributed by atoms with Crippen LogP contribution in [0.5, 0.6) is 5.75 Å². The minimum absolute atomic E-state index is 0.00473. The molecule has 2 atom stereocenters. The highest BCUT2D eigenvalue weighted by atomic mass is 19.4. The first-order chi connectivity index (χ1) is 17.1. The second kappa shape index (κ2) is 8.94. The Morgan fingerprint density at radius 3 is 2.75 bits per heavy atom. The summed E-state index contributed by atoms with van der Waals surface area (Å²) in [6, 6.07) is 7.76.